The highest BCUT2D eigenvalue weighted by Gasteiger charge is 2.30. The van der Waals surface area contributed by atoms with Gasteiger partial charge < -0.3 is 5.32 Å². The Labute approximate surface area is 155 Å². The zero-order chi connectivity index (χ0) is 18.6. The summed E-state index contributed by atoms with van der Waals surface area (Å²) in [7, 11) is -3.79. The lowest BCUT2D eigenvalue weighted by molar-refractivity contribution is 0.0953. The van der Waals surface area contributed by atoms with Gasteiger partial charge in [0, 0.05) is 17.0 Å². The van der Waals surface area contributed by atoms with Crippen molar-refractivity contribution >= 4 is 27.1 Å². The highest BCUT2D eigenvalue weighted by molar-refractivity contribution is 7.91. The monoisotopic (exact) mass is 389 g/mol. The standard InChI is InChI=1S/C19H16FNO3S2/c20-15-8-10-16(11-9-15)26(23,24)18(17-7-4-12-25-17)13-21-19(22)14-5-2-1-3-6-14/h1-12,18H,13H2,(H,21,22). The molecule has 134 valence electrons. The molecular weight excluding hydrogens is 373 g/mol. The average molecular weight is 389 g/mol. The summed E-state index contributed by atoms with van der Waals surface area (Å²) in [5.41, 5.74) is 0.455. The first-order chi connectivity index (χ1) is 12.5. The minimum absolute atomic E-state index is 0.0197. The van der Waals surface area contributed by atoms with Gasteiger partial charge in [0.05, 0.1) is 4.90 Å². The Morgan fingerprint density at radius 2 is 1.69 bits per heavy atom. The van der Waals surface area contributed by atoms with Crippen LogP contribution in [0, 0.1) is 5.82 Å². The Bertz CT molecular complexity index is 969. The topological polar surface area (TPSA) is 63.2 Å². The number of carbonyl (C=O) groups excluding carboxylic acids is 1. The largest absolute Gasteiger partial charge is 0.350 e. The zero-order valence-electron chi connectivity index (χ0n) is 13.6. The molecule has 0 aliphatic heterocycles. The third-order valence-corrected chi connectivity index (χ3v) is 7.10. The molecule has 0 spiro atoms. The molecule has 0 bridgehead atoms. The van der Waals surface area contributed by atoms with Gasteiger partial charge in [-0.05, 0) is 47.8 Å². The summed E-state index contributed by atoms with van der Waals surface area (Å²) in [6.45, 7) is -0.0754. The first-order valence-electron chi connectivity index (χ1n) is 7.84. The minimum atomic E-state index is -3.79. The Hall–Kier alpha value is -2.51. The Morgan fingerprint density at radius 1 is 1.00 bits per heavy atom. The lowest BCUT2D eigenvalue weighted by Crippen LogP contribution is -2.31. The van der Waals surface area contributed by atoms with Crippen molar-refractivity contribution in [3.8, 4) is 0 Å². The van der Waals surface area contributed by atoms with Crippen LogP contribution in [-0.2, 0) is 9.84 Å². The van der Waals surface area contributed by atoms with Crippen LogP contribution in [0.4, 0.5) is 4.39 Å². The van der Waals surface area contributed by atoms with E-state index >= 15 is 0 Å². The lowest BCUT2D eigenvalue weighted by atomic mass is 10.2. The van der Waals surface area contributed by atoms with Gasteiger partial charge in [-0.3, -0.25) is 4.79 Å². The number of hydrogen-bond donors (Lipinski definition) is 1. The number of benzene rings is 2. The molecule has 1 amide bonds. The summed E-state index contributed by atoms with van der Waals surface area (Å²) in [4.78, 5) is 12.9. The molecule has 2 aromatic carbocycles. The third-order valence-electron chi connectivity index (χ3n) is 3.86. The smallest absolute Gasteiger partial charge is 0.251 e. The first kappa shape index (κ1) is 18.3. The second-order valence-electron chi connectivity index (χ2n) is 5.58. The Morgan fingerprint density at radius 3 is 2.31 bits per heavy atom. The summed E-state index contributed by atoms with van der Waals surface area (Å²) in [5.74, 6) is -0.851. The van der Waals surface area contributed by atoms with E-state index in [-0.39, 0.29) is 17.3 Å². The van der Waals surface area contributed by atoms with Crippen LogP contribution in [0.1, 0.15) is 20.5 Å². The molecule has 1 heterocycles. The van der Waals surface area contributed by atoms with E-state index in [2.05, 4.69) is 5.32 Å². The van der Waals surface area contributed by atoms with Crippen molar-refractivity contribution in [1.29, 1.82) is 0 Å². The van der Waals surface area contributed by atoms with Gasteiger partial charge in [-0.15, -0.1) is 11.3 Å². The van der Waals surface area contributed by atoms with Crippen LogP contribution in [-0.4, -0.2) is 20.9 Å². The van der Waals surface area contributed by atoms with Gasteiger partial charge in [-0.1, -0.05) is 24.3 Å². The van der Waals surface area contributed by atoms with Gasteiger partial charge in [0.15, 0.2) is 9.84 Å². The lowest BCUT2D eigenvalue weighted by Gasteiger charge is -2.17. The average Bonchev–Trinajstić information content (AvgIpc) is 3.17. The molecular formula is C19H16FNO3S2. The molecule has 3 rings (SSSR count). The molecule has 1 N–H and O–H groups in total. The molecule has 0 saturated carbocycles. The number of halogens is 1. The van der Waals surface area contributed by atoms with Gasteiger partial charge in [0.1, 0.15) is 11.1 Å². The highest BCUT2D eigenvalue weighted by Crippen LogP contribution is 2.31. The van der Waals surface area contributed by atoms with E-state index in [9.17, 15) is 17.6 Å². The molecule has 0 saturated heterocycles. The SMILES string of the molecule is O=C(NCC(c1cccs1)S(=O)(=O)c1ccc(F)cc1)c1ccccc1. The number of thiophene rings is 1. The van der Waals surface area contributed by atoms with Crippen LogP contribution >= 0.6 is 11.3 Å². The predicted molar refractivity (Wildman–Crippen MR) is 99.4 cm³/mol. The van der Waals surface area contributed by atoms with Crippen molar-refractivity contribution in [3.63, 3.8) is 0 Å². The maximum absolute atomic E-state index is 13.1. The summed E-state index contributed by atoms with van der Waals surface area (Å²) in [5, 5.41) is 3.52. The number of sulfone groups is 1. The van der Waals surface area contributed by atoms with Crippen molar-refractivity contribution < 1.29 is 17.6 Å². The number of hydrogen-bond acceptors (Lipinski definition) is 4. The summed E-state index contributed by atoms with van der Waals surface area (Å²) >= 11 is 1.30. The summed E-state index contributed by atoms with van der Waals surface area (Å²) < 4.78 is 39.2. The van der Waals surface area contributed by atoms with Crippen molar-refractivity contribution in [2.75, 3.05) is 6.54 Å². The molecule has 4 nitrogen and oxygen atoms in total. The second kappa shape index (κ2) is 7.80. The number of nitrogens with one attached hydrogen (secondary N) is 1. The number of amides is 1. The van der Waals surface area contributed by atoms with Crippen LogP contribution in [0.15, 0.2) is 77.0 Å². The molecule has 26 heavy (non-hydrogen) atoms. The van der Waals surface area contributed by atoms with Crippen LogP contribution in [0.5, 0.6) is 0 Å². The van der Waals surface area contributed by atoms with Crippen molar-refractivity contribution in [3.05, 3.63) is 88.4 Å². The van der Waals surface area contributed by atoms with Crippen LogP contribution in [0.3, 0.4) is 0 Å². The molecule has 0 radical (unpaired) electrons. The third kappa shape index (κ3) is 4.00. The van der Waals surface area contributed by atoms with Crippen molar-refractivity contribution in [1.82, 2.24) is 5.32 Å². The molecule has 0 fully saturated rings. The normalized spacial score (nSPS) is 12.5. The van der Waals surface area contributed by atoms with Crippen LogP contribution in [0.25, 0.3) is 0 Å². The van der Waals surface area contributed by atoms with Crippen LogP contribution < -0.4 is 5.32 Å². The molecule has 0 aliphatic rings. The van der Waals surface area contributed by atoms with E-state index in [0.29, 0.717) is 10.4 Å². The minimum Gasteiger partial charge on any atom is -0.350 e. The number of rotatable bonds is 6. The fourth-order valence-corrected chi connectivity index (χ4v) is 5.29. The molecule has 3 aromatic rings. The van der Waals surface area contributed by atoms with E-state index < -0.39 is 20.9 Å². The van der Waals surface area contributed by atoms with Gasteiger partial charge in [-0.2, -0.15) is 0 Å². The summed E-state index contributed by atoms with van der Waals surface area (Å²) in [6.07, 6.45) is 0. The quantitative estimate of drug-likeness (QED) is 0.652. The second-order valence-corrected chi connectivity index (χ2v) is 8.69. The van der Waals surface area contributed by atoms with Gasteiger partial charge in [-0.25, -0.2) is 12.8 Å². The van der Waals surface area contributed by atoms with E-state index in [1.54, 1.807) is 47.8 Å². The van der Waals surface area contributed by atoms with E-state index in [1.165, 1.54) is 23.5 Å². The summed E-state index contributed by atoms with van der Waals surface area (Å²) in [6, 6.07) is 16.8. The molecule has 0 aliphatic carbocycles. The van der Waals surface area contributed by atoms with Gasteiger partial charge in [0.2, 0.25) is 0 Å². The molecule has 7 heteroatoms. The maximum Gasteiger partial charge on any atom is 0.251 e. The molecule has 1 atom stereocenters. The van der Waals surface area contributed by atoms with Crippen molar-refractivity contribution in [2.24, 2.45) is 0 Å². The van der Waals surface area contributed by atoms with E-state index in [1.807, 2.05) is 0 Å². The first-order valence-corrected chi connectivity index (χ1v) is 10.3. The van der Waals surface area contributed by atoms with Gasteiger partial charge in [0.25, 0.3) is 5.91 Å². The van der Waals surface area contributed by atoms with Gasteiger partial charge >= 0.3 is 0 Å². The van der Waals surface area contributed by atoms with E-state index in [4.69, 9.17) is 0 Å². The fourth-order valence-electron chi connectivity index (χ4n) is 2.50. The highest BCUT2D eigenvalue weighted by atomic mass is 32.2. The number of carbonyl (C=O) groups is 1. The predicted octanol–water partition coefficient (Wildman–Crippen LogP) is 3.83. The Balaban J connectivity index is 1.86. The van der Waals surface area contributed by atoms with Crippen LogP contribution in [0.2, 0.25) is 0 Å². The Kier molecular flexibility index (Phi) is 5.49. The van der Waals surface area contributed by atoms with Crippen molar-refractivity contribution in [2.45, 2.75) is 10.1 Å². The van der Waals surface area contributed by atoms with E-state index in [0.717, 1.165) is 12.1 Å². The fraction of sp³-hybridized carbons (Fsp3) is 0.105. The zero-order valence-corrected chi connectivity index (χ0v) is 15.3. The molecule has 1 aromatic heterocycles. The maximum atomic E-state index is 13.1. The molecule has 1 unspecified atom stereocenters.